The second kappa shape index (κ2) is 8.06. The van der Waals surface area contributed by atoms with Crippen molar-refractivity contribution in [2.24, 2.45) is 7.05 Å². The number of nitrogens with one attached hydrogen (secondary N) is 2. The number of rotatable bonds is 3. The molecule has 3 aromatic carbocycles. The van der Waals surface area contributed by atoms with Gasteiger partial charge in [0.15, 0.2) is 5.78 Å². The van der Waals surface area contributed by atoms with Gasteiger partial charge in [0, 0.05) is 29.7 Å². The molecular formula is C28H19N3O5. The quantitative estimate of drug-likeness (QED) is 0.346. The Morgan fingerprint density at radius 3 is 2.25 bits per heavy atom. The lowest BCUT2D eigenvalue weighted by Crippen LogP contribution is -2.37. The van der Waals surface area contributed by atoms with Gasteiger partial charge in [-0.05, 0) is 29.8 Å². The van der Waals surface area contributed by atoms with Gasteiger partial charge in [0.05, 0.1) is 16.8 Å². The topological polar surface area (TPSA) is 110 Å². The number of ether oxygens (including phenoxy) is 1. The monoisotopic (exact) mass is 477 g/mol. The average Bonchev–Trinajstić information content (AvgIpc) is 3.19. The van der Waals surface area contributed by atoms with E-state index in [1.54, 1.807) is 67.7 Å². The first-order chi connectivity index (χ1) is 17.4. The van der Waals surface area contributed by atoms with Crippen LogP contribution in [-0.4, -0.2) is 21.3 Å². The van der Waals surface area contributed by atoms with Crippen LogP contribution in [0, 0.1) is 0 Å². The van der Waals surface area contributed by atoms with Crippen molar-refractivity contribution in [2.45, 2.75) is 5.92 Å². The normalized spacial score (nSPS) is 15.6. The number of benzene rings is 3. The predicted octanol–water partition coefficient (Wildman–Crippen LogP) is 3.46. The van der Waals surface area contributed by atoms with Gasteiger partial charge in [-0.25, -0.2) is 9.59 Å². The van der Waals surface area contributed by atoms with Crippen molar-refractivity contribution in [3.05, 3.63) is 133 Å². The number of aromatic amines is 1. The van der Waals surface area contributed by atoms with E-state index in [0.29, 0.717) is 45.1 Å². The second-order valence-corrected chi connectivity index (χ2v) is 8.63. The largest absolute Gasteiger partial charge is 0.423 e. The molecule has 0 amide bonds. The summed E-state index contributed by atoms with van der Waals surface area (Å²) in [7, 11) is 1.56. The molecule has 2 heterocycles. The van der Waals surface area contributed by atoms with Gasteiger partial charge in [0.25, 0.3) is 5.56 Å². The molecule has 0 radical (unpaired) electrons. The first kappa shape index (κ1) is 21.5. The number of hydrogen-bond acceptors (Lipinski definition) is 6. The number of ketones is 1. The van der Waals surface area contributed by atoms with Crippen LogP contribution in [0.25, 0.3) is 5.70 Å². The van der Waals surface area contributed by atoms with Crippen LogP contribution in [0.4, 0.5) is 5.82 Å². The minimum absolute atomic E-state index is 0.184. The van der Waals surface area contributed by atoms with Crippen LogP contribution >= 0.6 is 0 Å². The van der Waals surface area contributed by atoms with E-state index in [1.165, 1.54) is 4.57 Å². The summed E-state index contributed by atoms with van der Waals surface area (Å²) in [6.07, 6.45) is 0. The summed E-state index contributed by atoms with van der Waals surface area (Å²) >= 11 is 0. The lowest BCUT2D eigenvalue weighted by Gasteiger charge is -2.29. The van der Waals surface area contributed by atoms with Crippen molar-refractivity contribution in [1.82, 2.24) is 9.55 Å². The highest BCUT2D eigenvalue weighted by Crippen LogP contribution is 2.47. The first-order valence-electron chi connectivity index (χ1n) is 11.3. The number of anilines is 1. The Morgan fingerprint density at radius 2 is 1.53 bits per heavy atom. The van der Waals surface area contributed by atoms with Crippen LogP contribution in [0.3, 0.4) is 0 Å². The fraction of sp³-hybridized carbons (Fsp3) is 0.0714. The third-order valence-corrected chi connectivity index (χ3v) is 6.57. The molecule has 1 atom stereocenters. The van der Waals surface area contributed by atoms with Gasteiger partial charge in [-0.3, -0.25) is 19.1 Å². The molecule has 0 unspecified atom stereocenters. The Balaban J connectivity index is 1.46. The minimum atomic E-state index is -0.731. The van der Waals surface area contributed by atoms with Crippen molar-refractivity contribution >= 4 is 23.3 Å². The number of carbonyl (C=O) groups excluding carboxylic acids is 2. The first-order valence-corrected chi connectivity index (χ1v) is 11.3. The standard InChI is InChI=1S/C28H19N3O5/c1-31-25-22(26(33)30-28(31)35)20(21-23(29-25)18-9-5-6-10-19(18)24(21)32)15-11-13-17(14-12-15)36-27(34)16-7-3-2-4-8-16/h2-14,20,29H,1H3,(H,30,33,35)/t20-/m0/s1. The van der Waals surface area contributed by atoms with Gasteiger partial charge in [-0.15, -0.1) is 0 Å². The fourth-order valence-corrected chi connectivity index (χ4v) is 4.83. The third-order valence-electron chi connectivity index (χ3n) is 6.57. The van der Waals surface area contributed by atoms with Gasteiger partial charge in [-0.2, -0.15) is 0 Å². The van der Waals surface area contributed by atoms with Crippen LogP contribution in [0.15, 0.2) is 94.0 Å². The molecule has 0 saturated heterocycles. The van der Waals surface area contributed by atoms with Gasteiger partial charge < -0.3 is 10.1 Å². The predicted molar refractivity (Wildman–Crippen MR) is 133 cm³/mol. The molecule has 8 heteroatoms. The van der Waals surface area contributed by atoms with Crippen molar-refractivity contribution < 1.29 is 14.3 Å². The van der Waals surface area contributed by atoms with Crippen LogP contribution in [0.2, 0.25) is 0 Å². The van der Waals surface area contributed by atoms with Crippen molar-refractivity contribution in [1.29, 1.82) is 0 Å². The molecule has 4 aromatic rings. The fourth-order valence-electron chi connectivity index (χ4n) is 4.83. The molecule has 2 N–H and O–H groups in total. The molecule has 0 fully saturated rings. The summed E-state index contributed by atoms with van der Waals surface area (Å²) < 4.78 is 6.81. The van der Waals surface area contributed by atoms with Gasteiger partial charge in [0.2, 0.25) is 0 Å². The zero-order valence-corrected chi connectivity index (χ0v) is 19.1. The number of nitrogens with zero attached hydrogens (tertiary/aromatic N) is 1. The van der Waals surface area contributed by atoms with E-state index in [0.717, 1.165) is 0 Å². The van der Waals surface area contributed by atoms with E-state index in [4.69, 9.17) is 4.74 Å². The smallest absolute Gasteiger partial charge is 0.343 e. The number of carbonyl (C=O) groups is 2. The SMILES string of the molecule is Cn1c2c(c(=O)[nH]c1=O)[C@@H](c1ccc(OC(=O)c3ccccc3)cc1)C1=C(N2)c2ccccc2C1=O. The second-order valence-electron chi connectivity index (χ2n) is 8.63. The van der Waals surface area contributed by atoms with Gasteiger partial charge in [-0.1, -0.05) is 54.6 Å². The van der Waals surface area contributed by atoms with E-state index in [1.807, 2.05) is 18.2 Å². The van der Waals surface area contributed by atoms with Crippen molar-refractivity contribution in [3.63, 3.8) is 0 Å². The molecule has 0 spiro atoms. The summed E-state index contributed by atoms with van der Waals surface area (Å²) in [6, 6.07) is 22.5. The molecule has 36 heavy (non-hydrogen) atoms. The van der Waals surface area contributed by atoms with Crippen LogP contribution in [0.5, 0.6) is 5.75 Å². The number of esters is 1. The summed E-state index contributed by atoms with van der Waals surface area (Å²) in [5.41, 5.74) is 2.47. The Labute approximate surface area is 204 Å². The summed E-state index contributed by atoms with van der Waals surface area (Å²) in [5.74, 6) is -0.751. The molecule has 0 bridgehead atoms. The maximum Gasteiger partial charge on any atom is 0.343 e. The van der Waals surface area contributed by atoms with E-state index < -0.39 is 23.1 Å². The third kappa shape index (κ3) is 3.23. The molecule has 2 aliphatic rings. The molecule has 176 valence electrons. The molecule has 8 nitrogen and oxygen atoms in total. The average molecular weight is 477 g/mol. The summed E-state index contributed by atoms with van der Waals surface area (Å²) in [6.45, 7) is 0. The number of H-pyrrole nitrogens is 1. The lowest BCUT2D eigenvalue weighted by molar-refractivity contribution is 0.0734. The molecular weight excluding hydrogens is 458 g/mol. The summed E-state index contributed by atoms with van der Waals surface area (Å²) in [5, 5.41) is 3.18. The number of Topliss-reactive ketones (excluding diaryl/α,β-unsaturated/α-hetero) is 1. The minimum Gasteiger partial charge on any atom is -0.423 e. The maximum atomic E-state index is 13.5. The van der Waals surface area contributed by atoms with E-state index in [2.05, 4.69) is 10.3 Å². The highest BCUT2D eigenvalue weighted by Gasteiger charge is 2.42. The molecule has 0 saturated carbocycles. The Bertz CT molecular complexity index is 1710. The van der Waals surface area contributed by atoms with E-state index in [9.17, 15) is 19.2 Å². The Morgan fingerprint density at radius 1 is 0.861 bits per heavy atom. The molecule has 1 aromatic heterocycles. The maximum absolute atomic E-state index is 13.5. The number of fused-ring (bicyclic) bond motifs is 3. The van der Waals surface area contributed by atoms with Gasteiger partial charge in [0.1, 0.15) is 11.6 Å². The molecule has 6 rings (SSSR count). The Hall–Kier alpha value is -4.98. The van der Waals surface area contributed by atoms with E-state index >= 15 is 0 Å². The van der Waals surface area contributed by atoms with Crippen LogP contribution in [-0.2, 0) is 7.05 Å². The van der Waals surface area contributed by atoms with E-state index in [-0.39, 0.29) is 11.3 Å². The number of aromatic nitrogens is 2. The van der Waals surface area contributed by atoms with Crippen LogP contribution in [0.1, 0.15) is 43.3 Å². The molecule has 1 aliphatic carbocycles. The molecule has 1 aliphatic heterocycles. The zero-order valence-electron chi connectivity index (χ0n) is 19.1. The van der Waals surface area contributed by atoms with Crippen molar-refractivity contribution in [2.75, 3.05) is 5.32 Å². The zero-order chi connectivity index (χ0) is 25.0. The highest BCUT2D eigenvalue weighted by atomic mass is 16.5. The van der Waals surface area contributed by atoms with Crippen LogP contribution < -0.4 is 21.3 Å². The Kier molecular flexibility index (Phi) is 4.82. The lowest BCUT2D eigenvalue weighted by atomic mass is 9.81. The number of allylic oxidation sites excluding steroid dienone is 1. The summed E-state index contributed by atoms with van der Waals surface area (Å²) in [4.78, 5) is 53.7. The van der Waals surface area contributed by atoms with Crippen molar-refractivity contribution in [3.8, 4) is 5.75 Å². The highest BCUT2D eigenvalue weighted by molar-refractivity contribution is 6.23. The number of hydrogen-bond donors (Lipinski definition) is 2. The van der Waals surface area contributed by atoms with Gasteiger partial charge >= 0.3 is 11.7 Å².